The van der Waals surface area contributed by atoms with Crippen molar-refractivity contribution in [1.29, 1.82) is 0 Å². The van der Waals surface area contributed by atoms with Gasteiger partial charge in [-0.15, -0.1) is 0 Å². The largest absolute Gasteiger partial charge is 0.371 e. The van der Waals surface area contributed by atoms with E-state index in [2.05, 4.69) is 28.9 Å². The van der Waals surface area contributed by atoms with Gasteiger partial charge in [-0.3, -0.25) is 14.5 Å². The first-order valence-corrected chi connectivity index (χ1v) is 10.7. The van der Waals surface area contributed by atoms with Gasteiger partial charge in [-0.1, -0.05) is 13.3 Å². The lowest BCUT2D eigenvalue weighted by Gasteiger charge is -2.37. The van der Waals surface area contributed by atoms with Crippen LogP contribution in [-0.4, -0.2) is 49.4 Å². The number of hydrogen-bond acceptors (Lipinski definition) is 4. The molecule has 0 spiro atoms. The van der Waals surface area contributed by atoms with Crippen molar-refractivity contribution in [3.8, 4) is 0 Å². The Kier molecular flexibility index (Phi) is 4.26. The molecule has 5 nitrogen and oxygen atoms in total. The number of carbonyl (C=O) groups excluding carboxylic acids is 2. The molecule has 2 fully saturated rings. The maximum atomic E-state index is 13.2. The first-order chi connectivity index (χ1) is 13.7. The van der Waals surface area contributed by atoms with Crippen LogP contribution in [0.4, 0.5) is 11.4 Å². The highest BCUT2D eigenvalue weighted by Crippen LogP contribution is 2.43. The van der Waals surface area contributed by atoms with Crippen molar-refractivity contribution in [3.05, 3.63) is 35.4 Å². The molecule has 2 amide bonds. The number of nitrogens with zero attached hydrogens (tertiary/aromatic N) is 3. The Bertz CT molecular complexity index is 936. The summed E-state index contributed by atoms with van der Waals surface area (Å²) < 4.78 is 0. The van der Waals surface area contributed by atoms with Crippen molar-refractivity contribution < 1.29 is 9.59 Å². The molecule has 2 saturated heterocycles. The fourth-order valence-electron chi connectivity index (χ4n) is 4.76. The highest BCUT2D eigenvalue weighted by Gasteiger charge is 2.35. The fraction of sp³-hybridized carbons (Fsp3) is 0.478. The molecular weight excluding hydrogens is 350 g/mol. The van der Waals surface area contributed by atoms with Crippen LogP contribution in [0, 0.1) is 0 Å². The lowest BCUT2D eigenvalue weighted by molar-refractivity contribution is 0.0608. The molecule has 0 aliphatic carbocycles. The van der Waals surface area contributed by atoms with Crippen LogP contribution in [0.5, 0.6) is 0 Å². The molecule has 0 unspecified atom stereocenters. The number of imide groups is 1. The van der Waals surface area contributed by atoms with Gasteiger partial charge < -0.3 is 9.80 Å². The summed E-state index contributed by atoms with van der Waals surface area (Å²) in [6.07, 6.45) is 5.40. The van der Waals surface area contributed by atoms with Gasteiger partial charge >= 0.3 is 0 Å². The summed E-state index contributed by atoms with van der Waals surface area (Å²) in [6.45, 7) is 6.75. The number of carbonyl (C=O) groups is 2. The predicted molar refractivity (Wildman–Crippen MR) is 113 cm³/mol. The van der Waals surface area contributed by atoms with Gasteiger partial charge in [0.05, 0.1) is 0 Å². The van der Waals surface area contributed by atoms with Crippen molar-refractivity contribution in [3.63, 3.8) is 0 Å². The van der Waals surface area contributed by atoms with Gasteiger partial charge in [-0.2, -0.15) is 0 Å². The number of rotatable bonds is 5. The highest BCUT2D eigenvalue weighted by atomic mass is 16.2. The molecule has 0 N–H and O–H groups in total. The van der Waals surface area contributed by atoms with Gasteiger partial charge in [0.2, 0.25) is 0 Å². The molecule has 28 heavy (non-hydrogen) atoms. The molecule has 3 heterocycles. The molecule has 3 aliphatic heterocycles. The van der Waals surface area contributed by atoms with Crippen LogP contribution in [0.25, 0.3) is 10.8 Å². The highest BCUT2D eigenvalue weighted by molar-refractivity contribution is 6.28. The van der Waals surface area contributed by atoms with E-state index in [-0.39, 0.29) is 11.8 Å². The second kappa shape index (κ2) is 6.80. The molecule has 3 aliphatic rings. The van der Waals surface area contributed by atoms with Crippen molar-refractivity contribution in [2.75, 3.05) is 42.5 Å². The molecule has 2 aromatic carbocycles. The first kappa shape index (κ1) is 17.5. The number of amides is 2. The van der Waals surface area contributed by atoms with E-state index in [1.807, 2.05) is 12.1 Å². The van der Waals surface area contributed by atoms with Crippen molar-refractivity contribution >= 4 is 34.0 Å². The van der Waals surface area contributed by atoms with E-state index in [1.165, 1.54) is 35.5 Å². The Morgan fingerprint density at radius 3 is 1.75 bits per heavy atom. The molecule has 0 radical (unpaired) electrons. The lowest BCUT2D eigenvalue weighted by atomic mass is 9.90. The summed E-state index contributed by atoms with van der Waals surface area (Å²) in [4.78, 5) is 32.6. The first-order valence-electron chi connectivity index (χ1n) is 10.7. The number of hydrogen-bond donors (Lipinski definition) is 0. The van der Waals surface area contributed by atoms with Gasteiger partial charge in [-0.25, -0.2) is 0 Å². The van der Waals surface area contributed by atoms with E-state index in [9.17, 15) is 9.59 Å². The van der Waals surface area contributed by atoms with E-state index in [4.69, 9.17) is 0 Å². The van der Waals surface area contributed by atoms with Crippen LogP contribution in [0.1, 0.15) is 59.7 Å². The van der Waals surface area contributed by atoms with E-state index in [0.29, 0.717) is 17.7 Å². The smallest absolute Gasteiger partial charge is 0.261 e. The normalized spacial score (nSPS) is 19.0. The van der Waals surface area contributed by atoms with Crippen LogP contribution >= 0.6 is 0 Å². The summed E-state index contributed by atoms with van der Waals surface area (Å²) in [5.41, 5.74) is 3.73. The molecule has 0 saturated carbocycles. The van der Waals surface area contributed by atoms with Gasteiger partial charge in [0.25, 0.3) is 11.8 Å². The van der Waals surface area contributed by atoms with Gasteiger partial charge in [0.15, 0.2) is 0 Å². The zero-order valence-electron chi connectivity index (χ0n) is 16.5. The van der Waals surface area contributed by atoms with Crippen molar-refractivity contribution in [2.24, 2.45) is 0 Å². The Hall–Kier alpha value is -2.56. The number of anilines is 2. The minimum atomic E-state index is -0.135. The Morgan fingerprint density at radius 1 is 0.750 bits per heavy atom. The molecule has 146 valence electrons. The fourth-order valence-corrected chi connectivity index (χ4v) is 4.76. The third-order valence-electron chi connectivity index (χ3n) is 6.45. The van der Waals surface area contributed by atoms with Crippen molar-refractivity contribution in [1.82, 2.24) is 4.90 Å². The zero-order chi connectivity index (χ0) is 19.3. The van der Waals surface area contributed by atoms with Crippen LogP contribution in [0.3, 0.4) is 0 Å². The van der Waals surface area contributed by atoms with Crippen LogP contribution < -0.4 is 9.80 Å². The molecule has 0 bridgehead atoms. The average molecular weight is 377 g/mol. The van der Waals surface area contributed by atoms with Crippen molar-refractivity contribution in [2.45, 2.75) is 39.0 Å². The molecule has 5 rings (SSSR count). The Labute approximate surface area is 165 Å². The third kappa shape index (κ3) is 2.52. The van der Waals surface area contributed by atoms with Gasteiger partial charge in [-0.05, 0) is 49.9 Å². The second-order valence-corrected chi connectivity index (χ2v) is 8.16. The molecule has 0 atom stereocenters. The Morgan fingerprint density at radius 2 is 1.29 bits per heavy atom. The van der Waals surface area contributed by atoms with E-state index in [1.54, 1.807) is 0 Å². The lowest BCUT2D eigenvalue weighted by Crippen LogP contribution is -2.41. The van der Waals surface area contributed by atoms with Gasteiger partial charge in [0.1, 0.15) is 0 Å². The SMILES string of the molecule is CCCCN1C(=O)c2ccc(N3CCCC3)c3c(N4CCC4)ccc(c23)C1=O. The summed E-state index contributed by atoms with van der Waals surface area (Å²) in [5.74, 6) is -0.269. The monoisotopic (exact) mass is 377 g/mol. The van der Waals surface area contributed by atoms with E-state index < -0.39 is 0 Å². The van der Waals surface area contributed by atoms with E-state index in [0.717, 1.165) is 49.8 Å². The summed E-state index contributed by atoms with van der Waals surface area (Å²) in [6, 6.07) is 8.11. The standard InChI is InChI=1S/C23H27N3O2/c1-2-3-15-26-22(27)16-7-9-18(24-11-4-5-12-24)21-19(25-13-6-14-25)10-8-17(20(16)21)23(26)28/h7-10H,2-6,11-15H2,1H3. The maximum absolute atomic E-state index is 13.2. The summed E-state index contributed by atoms with van der Waals surface area (Å²) >= 11 is 0. The molecule has 0 aromatic heterocycles. The number of unbranched alkanes of at least 4 members (excludes halogenated alkanes) is 1. The molecule has 5 heteroatoms. The third-order valence-corrected chi connectivity index (χ3v) is 6.45. The average Bonchev–Trinajstić information content (AvgIpc) is 3.19. The minimum Gasteiger partial charge on any atom is -0.371 e. The quantitative estimate of drug-likeness (QED) is 0.738. The predicted octanol–water partition coefficient (Wildman–Crippen LogP) is 4.05. The minimum absolute atomic E-state index is 0.135. The Balaban J connectivity index is 1.73. The maximum Gasteiger partial charge on any atom is 0.261 e. The second-order valence-electron chi connectivity index (χ2n) is 8.16. The van der Waals surface area contributed by atoms with E-state index >= 15 is 0 Å². The number of benzene rings is 2. The molecular formula is C23H27N3O2. The van der Waals surface area contributed by atoms with Crippen LogP contribution in [0.2, 0.25) is 0 Å². The topological polar surface area (TPSA) is 43.9 Å². The van der Waals surface area contributed by atoms with Gasteiger partial charge in [0, 0.05) is 66.0 Å². The molecule has 2 aromatic rings. The summed E-state index contributed by atoms with van der Waals surface area (Å²) in [5, 5.41) is 1.98. The summed E-state index contributed by atoms with van der Waals surface area (Å²) in [7, 11) is 0. The van der Waals surface area contributed by atoms with Crippen LogP contribution in [-0.2, 0) is 0 Å². The van der Waals surface area contributed by atoms with Crippen LogP contribution in [0.15, 0.2) is 24.3 Å². The zero-order valence-corrected chi connectivity index (χ0v) is 16.5.